The zero-order chi connectivity index (χ0) is 20.1. The summed E-state index contributed by atoms with van der Waals surface area (Å²) in [7, 11) is 0. The Morgan fingerprint density at radius 1 is 1.39 bits per heavy atom. The SMILES string of the molecule is CC(C)(C)OC(=O)N1CCCc2nc(C3(c4cc(Br)cs4)CC3)[nH]c(=O)c2C1. The normalized spacial score (nSPS) is 18.4. The standard InChI is InChI=1S/C20H24BrN3O3S/c1-19(2,3)27-18(26)24-8-4-5-14-13(10-24)16(25)23-17(22-14)20(6-7-20)15-9-12(21)11-28-15/h9,11H,4-8,10H2,1-3H3,(H,22,23,25). The first-order valence-corrected chi connectivity index (χ1v) is 11.2. The van der Waals surface area contributed by atoms with E-state index in [0.717, 1.165) is 35.3 Å². The van der Waals surface area contributed by atoms with E-state index in [2.05, 4.69) is 32.4 Å². The van der Waals surface area contributed by atoms with Crippen LogP contribution in [0, 0.1) is 0 Å². The third kappa shape index (κ3) is 3.76. The lowest BCUT2D eigenvalue weighted by Gasteiger charge is -2.26. The van der Waals surface area contributed by atoms with Crippen LogP contribution >= 0.6 is 27.3 Å². The summed E-state index contributed by atoms with van der Waals surface area (Å²) in [5, 5.41) is 2.07. The number of aryl methyl sites for hydroxylation is 1. The number of nitrogens with zero attached hydrogens (tertiary/aromatic N) is 2. The van der Waals surface area contributed by atoms with Gasteiger partial charge in [-0.1, -0.05) is 0 Å². The smallest absolute Gasteiger partial charge is 0.410 e. The molecule has 6 nitrogen and oxygen atoms in total. The maximum atomic E-state index is 12.9. The second-order valence-corrected chi connectivity index (χ2v) is 10.4. The molecule has 0 saturated heterocycles. The van der Waals surface area contributed by atoms with Crippen LogP contribution in [0.4, 0.5) is 4.79 Å². The van der Waals surface area contributed by atoms with Gasteiger partial charge in [0.2, 0.25) is 0 Å². The van der Waals surface area contributed by atoms with Crippen molar-refractivity contribution in [3.05, 3.63) is 48.2 Å². The number of thiophene rings is 1. The number of hydrogen-bond acceptors (Lipinski definition) is 5. The van der Waals surface area contributed by atoms with Crippen molar-refractivity contribution in [2.45, 2.75) is 64.0 Å². The summed E-state index contributed by atoms with van der Waals surface area (Å²) < 4.78 is 6.55. The van der Waals surface area contributed by atoms with Crippen LogP contribution in [0.3, 0.4) is 0 Å². The number of aromatic nitrogens is 2. The molecule has 0 unspecified atom stereocenters. The zero-order valence-corrected chi connectivity index (χ0v) is 18.7. The third-order valence-electron chi connectivity index (χ3n) is 5.19. The van der Waals surface area contributed by atoms with Crippen LogP contribution in [-0.2, 0) is 23.1 Å². The minimum absolute atomic E-state index is 0.141. The van der Waals surface area contributed by atoms with Gasteiger partial charge in [-0.3, -0.25) is 4.79 Å². The molecule has 8 heteroatoms. The van der Waals surface area contributed by atoms with Crippen LogP contribution in [-0.4, -0.2) is 33.1 Å². The molecule has 0 atom stereocenters. The van der Waals surface area contributed by atoms with Gasteiger partial charge in [0.1, 0.15) is 11.4 Å². The van der Waals surface area contributed by atoms with E-state index in [4.69, 9.17) is 9.72 Å². The molecule has 1 fully saturated rings. The second-order valence-electron chi connectivity index (χ2n) is 8.56. The van der Waals surface area contributed by atoms with E-state index >= 15 is 0 Å². The Hall–Kier alpha value is -1.67. The van der Waals surface area contributed by atoms with Crippen LogP contribution in [0.2, 0.25) is 0 Å². The minimum atomic E-state index is -0.561. The van der Waals surface area contributed by atoms with Gasteiger partial charge in [-0.05, 0) is 68.5 Å². The number of hydrogen-bond donors (Lipinski definition) is 1. The molecule has 2 aliphatic rings. The molecule has 0 radical (unpaired) electrons. The molecule has 2 aromatic rings. The predicted molar refractivity (Wildman–Crippen MR) is 112 cm³/mol. The van der Waals surface area contributed by atoms with E-state index in [0.29, 0.717) is 18.5 Å². The maximum Gasteiger partial charge on any atom is 0.410 e. The van der Waals surface area contributed by atoms with Crippen LogP contribution in [0.5, 0.6) is 0 Å². The van der Waals surface area contributed by atoms with Crippen molar-refractivity contribution in [1.82, 2.24) is 14.9 Å². The number of aromatic amines is 1. The summed E-state index contributed by atoms with van der Waals surface area (Å²) in [5.41, 5.74) is 0.523. The van der Waals surface area contributed by atoms with Gasteiger partial charge in [0.05, 0.1) is 23.2 Å². The van der Waals surface area contributed by atoms with Crippen molar-refractivity contribution < 1.29 is 9.53 Å². The van der Waals surface area contributed by atoms with Crippen molar-refractivity contribution in [3.63, 3.8) is 0 Å². The molecule has 0 spiro atoms. The molecule has 4 rings (SSSR count). The van der Waals surface area contributed by atoms with Gasteiger partial charge in [0, 0.05) is 21.3 Å². The quantitative estimate of drug-likeness (QED) is 0.714. The van der Waals surface area contributed by atoms with E-state index in [1.807, 2.05) is 20.8 Å². The molecule has 1 saturated carbocycles. The molecule has 1 N–H and O–H groups in total. The average Bonchev–Trinajstić information content (AvgIpc) is 3.33. The summed E-state index contributed by atoms with van der Waals surface area (Å²) in [6.07, 6.45) is 3.05. The molecule has 1 aliphatic heterocycles. The molecule has 28 heavy (non-hydrogen) atoms. The summed E-state index contributed by atoms with van der Waals surface area (Å²) in [5.74, 6) is 0.760. The number of halogens is 1. The summed E-state index contributed by atoms with van der Waals surface area (Å²) >= 11 is 5.21. The van der Waals surface area contributed by atoms with E-state index < -0.39 is 5.60 Å². The highest BCUT2D eigenvalue weighted by atomic mass is 79.9. The Labute approximate surface area is 176 Å². The van der Waals surface area contributed by atoms with Gasteiger partial charge in [0.25, 0.3) is 5.56 Å². The topological polar surface area (TPSA) is 75.3 Å². The lowest BCUT2D eigenvalue weighted by molar-refractivity contribution is 0.0236. The molecule has 2 aromatic heterocycles. The summed E-state index contributed by atoms with van der Waals surface area (Å²) in [4.78, 5) is 36.1. The first kappa shape index (κ1) is 19.6. The highest BCUT2D eigenvalue weighted by molar-refractivity contribution is 9.10. The lowest BCUT2D eigenvalue weighted by atomic mass is 10.0. The van der Waals surface area contributed by atoms with Crippen LogP contribution in [0.25, 0.3) is 0 Å². The summed E-state index contributed by atoms with van der Waals surface area (Å²) in [6, 6.07) is 2.12. The van der Waals surface area contributed by atoms with Gasteiger partial charge in [0.15, 0.2) is 0 Å². The molecule has 0 aromatic carbocycles. The number of carbonyl (C=O) groups is 1. The fraction of sp³-hybridized carbons (Fsp3) is 0.550. The molecule has 3 heterocycles. The zero-order valence-electron chi connectivity index (χ0n) is 16.3. The van der Waals surface area contributed by atoms with Gasteiger partial charge in [-0.2, -0.15) is 0 Å². The fourth-order valence-electron chi connectivity index (χ4n) is 3.62. The van der Waals surface area contributed by atoms with Crippen molar-refractivity contribution >= 4 is 33.4 Å². The number of nitrogens with one attached hydrogen (secondary N) is 1. The molecular weight excluding hydrogens is 442 g/mol. The highest BCUT2D eigenvalue weighted by Crippen LogP contribution is 2.54. The van der Waals surface area contributed by atoms with Crippen LogP contribution in [0.1, 0.15) is 62.0 Å². The van der Waals surface area contributed by atoms with Crippen LogP contribution < -0.4 is 5.56 Å². The third-order valence-corrected chi connectivity index (χ3v) is 7.08. The second kappa shape index (κ2) is 6.99. The number of carbonyl (C=O) groups excluding carboxylic acids is 1. The van der Waals surface area contributed by atoms with Gasteiger partial charge in [-0.25, -0.2) is 9.78 Å². The fourth-order valence-corrected chi connectivity index (χ4v) is 5.31. The lowest BCUT2D eigenvalue weighted by Crippen LogP contribution is -2.37. The van der Waals surface area contributed by atoms with Gasteiger partial charge in [-0.15, -0.1) is 11.3 Å². The summed E-state index contributed by atoms with van der Waals surface area (Å²) in [6.45, 7) is 6.33. The Morgan fingerprint density at radius 3 is 2.75 bits per heavy atom. The van der Waals surface area contributed by atoms with E-state index in [1.165, 1.54) is 4.88 Å². The number of fused-ring (bicyclic) bond motifs is 1. The monoisotopic (exact) mass is 465 g/mol. The molecular formula is C20H24BrN3O3S. The largest absolute Gasteiger partial charge is 0.444 e. The van der Waals surface area contributed by atoms with Crippen molar-refractivity contribution in [2.24, 2.45) is 0 Å². The van der Waals surface area contributed by atoms with Crippen molar-refractivity contribution in [1.29, 1.82) is 0 Å². The highest BCUT2D eigenvalue weighted by Gasteiger charge is 2.49. The molecule has 1 amide bonds. The Kier molecular flexibility index (Phi) is 4.90. The van der Waals surface area contributed by atoms with Gasteiger partial charge >= 0.3 is 6.09 Å². The van der Waals surface area contributed by atoms with Crippen molar-refractivity contribution in [3.8, 4) is 0 Å². The number of rotatable bonds is 2. The maximum absolute atomic E-state index is 12.9. The van der Waals surface area contributed by atoms with Crippen molar-refractivity contribution in [2.75, 3.05) is 6.54 Å². The Bertz CT molecular complexity index is 972. The van der Waals surface area contributed by atoms with Gasteiger partial charge < -0.3 is 14.6 Å². The van der Waals surface area contributed by atoms with Crippen LogP contribution in [0.15, 0.2) is 20.7 Å². The van der Waals surface area contributed by atoms with E-state index in [-0.39, 0.29) is 23.6 Å². The Balaban J connectivity index is 1.64. The number of ether oxygens (including phenoxy) is 1. The number of H-pyrrole nitrogens is 1. The average molecular weight is 466 g/mol. The predicted octanol–water partition coefficient (Wildman–Crippen LogP) is 4.36. The van der Waals surface area contributed by atoms with E-state index in [9.17, 15) is 9.59 Å². The first-order chi connectivity index (χ1) is 13.2. The Morgan fingerprint density at radius 2 is 2.14 bits per heavy atom. The molecule has 0 bridgehead atoms. The molecule has 1 aliphatic carbocycles. The van der Waals surface area contributed by atoms with E-state index in [1.54, 1.807) is 16.2 Å². The number of amides is 1. The first-order valence-electron chi connectivity index (χ1n) is 9.53. The molecule has 150 valence electrons. The minimum Gasteiger partial charge on any atom is -0.444 e.